The van der Waals surface area contributed by atoms with Crippen LogP contribution in [0.15, 0.2) is 49.1 Å². The van der Waals surface area contributed by atoms with Crippen LogP contribution in [0.3, 0.4) is 0 Å². The number of rotatable bonds is 3. The summed E-state index contributed by atoms with van der Waals surface area (Å²) in [5.74, 6) is -0.100. The zero-order valence-electron chi connectivity index (χ0n) is 10.5. The Morgan fingerprint density at radius 3 is 3.00 bits per heavy atom. The summed E-state index contributed by atoms with van der Waals surface area (Å²) in [5.41, 5.74) is 1.64. The van der Waals surface area contributed by atoms with Crippen LogP contribution < -0.4 is 5.32 Å². The molecule has 0 saturated carbocycles. The molecule has 0 spiro atoms. The van der Waals surface area contributed by atoms with Gasteiger partial charge in [-0.25, -0.2) is 4.98 Å². The van der Waals surface area contributed by atoms with E-state index in [-0.39, 0.29) is 18.2 Å². The highest BCUT2D eigenvalue weighted by molar-refractivity contribution is 5.93. The molecule has 6 nitrogen and oxygen atoms in total. The van der Waals surface area contributed by atoms with Crippen LogP contribution in [-0.4, -0.2) is 25.4 Å². The van der Waals surface area contributed by atoms with E-state index >= 15 is 0 Å². The minimum Gasteiger partial charge on any atom is -0.504 e. The number of imidazole rings is 1. The van der Waals surface area contributed by atoms with Gasteiger partial charge < -0.3 is 14.8 Å². The number of carbonyl (C=O) groups is 1. The van der Waals surface area contributed by atoms with Crippen LogP contribution in [0.25, 0.3) is 5.65 Å². The van der Waals surface area contributed by atoms with E-state index in [0.717, 1.165) is 0 Å². The van der Waals surface area contributed by atoms with Gasteiger partial charge in [0.25, 0.3) is 5.91 Å². The van der Waals surface area contributed by atoms with Crippen LogP contribution in [0, 0.1) is 0 Å². The van der Waals surface area contributed by atoms with Gasteiger partial charge in [0.15, 0.2) is 11.4 Å². The summed E-state index contributed by atoms with van der Waals surface area (Å²) in [5, 5.41) is 12.4. The number of nitrogens with one attached hydrogen (secondary N) is 1. The van der Waals surface area contributed by atoms with Crippen molar-refractivity contribution >= 4 is 11.6 Å². The van der Waals surface area contributed by atoms with Gasteiger partial charge in [0.05, 0.1) is 17.8 Å². The van der Waals surface area contributed by atoms with Crippen LogP contribution in [0.5, 0.6) is 5.75 Å². The molecule has 0 fully saturated rings. The molecule has 6 heteroatoms. The molecule has 3 aromatic rings. The van der Waals surface area contributed by atoms with Crippen molar-refractivity contribution in [1.82, 2.24) is 19.7 Å². The SMILES string of the molecule is O=C(NCc1cn2cccc(O)c2n1)c1cccnc1. The number of fused-ring (bicyclic) bond motifs is 1. The molecule has 0 aliphatic carbocycles. The second-order valence-corrected chi connectivity index (χ2v) is 4.28. The molecule has 0 radical (unpaired) electrons. The van der Waals surface area contributed by atoms with Gasteiger partial charge in [-0.3, -0.25) is 9.78 Å². The number of pyridine rings is 2. The molecule has 1 amide bonds. The van der Waals surface area contributed by atoms with E-state index in [9.17, 15) is 9.90 Å². The summed E-state index contributed by atoms with van der Waals surface area (Å²) in [6.07, 6.45) is 6.67. The Bertz CT molecular complexity index is 752. The maximum absolute atomic E-state index is 11.9. The Kier molecular flexibility index (Phi) is 3.04. The summed E-state index contributed by atoms with van der Waals surface area (Å²) in [6, 6.07) is 6.69. The minimum atomic E-state index is -0.209. The molecule has 0 saturated heterocycles. The summed E-state index contributed by atoms with van der Waals surface area (Å²) >= 11 is 0. The Labute approximate surface area is 114 Å². The molecular formula is C14H12N4O2. The number of nitrogens with zero attached hydrogens (tertiary/aromatic N) is 3. The second-order valence-electron chi connectivity index (χ2n) is 4.28. The third-order valence-corrected chi connectivity index (χ3v) is 2.87. The quantitative estimate of drug-likeness (QED) is 0.751. The first kappa shape index (κ1) is 12.2. The van der Waals surface area contributed by atoms with E-state index in [0.29, 0.717) is 16.9 Å². The third kappa shape index (κ3) is 2.31. The molecule has 2 N–H and O–H groups in total. The number of amides is 1. The predicted octanol–water partition coefficient (Wildman–Crippen LogP) is 1.36. The normalized spacial score (nSPS) is 10.6. The van der Waals surface area contributed by atoms with E-state index < -0.39 is 0 Å². The molecule has 0 aliphatic rings. The highest BCUT2D eigenvalue weighted by Crippen LogP contribution is 2.16. The summed E-state index contributed by atoms with van der Waals surface area (Å²) < 4.78 is 1.71. The van der Waals surface area contributed by atoms with Gasteiger partial charge in [0.1, 0.15) is 0 Å². The fraction of sp³-hybridized carbons (Fsp3) is 0.0714. The minimum absolute atomic E-state index is 0.109. The zero-order chi connectivity index (χ0) is 13.9. The standard InChI is InChI=1S/C14H12N4O2/c19-12-4-2-6-18-9-11(17-13(12)18)8-16-14(20)10-3-1-5-15-7-10/h1-7,9,19H,8H2,(H,16,20). The van der Waals surface area contributed by atoms with Crippen molar-refractivity contribution in [1.29, 1.82) is 0 Å². The van der Waals surface area contributed by atoms with Gasteiger partial charge in [-0.2, -0.15) is 0 Å². The molecule has 100 valence electrons. The summed E-state index contributed by atoms with van der Waals surface area (Å²) in [4.78, 5) is 20.0. The smallest absolute Gasteiger partial charge is 0.253 e. The van der Waals surface area contributed by atoms with Gasteiger partial charge in [-0.05, 0) is 24.3 Å². The van der Waals surface area contributed by atoms with Crippen molar-refractivity contribution in [3.63, 3.8) is 0 Å². The summed E-state index contributed by atoms with van der Waals surface area (Å²) in [7, 11) is 0. The van der Waals surface area contributed by atoms with Gasteiger partial charge in [0, 0.05) is 24.8 Å². The molecule has 3 aromatic heterocycles. The molecule has 0 aliphatic heterocycles. The van der Waals surface area contributed by atoms with Crippen molar-refractivity contribution in [3.8, 4) is 5.75 Å². The lowest BCUT2D eigenvalue weighted by Crippen LogP contribution is -2.22. The number of carbonyl (C=O) groups excluding carboxylic acids is 1. The van der Waals surface area contributed by atoms with Crippen LogP contribution >= 0.6 is 0 Å². The van der Waals surface area contributed by atoms with Crippen molar-refractivity contribution in [2.24, 2.45) is 0 Å². The molecule has 0 atom stereocenters. The Morgan fingerprint density at radius 2 is 2.25 bits per heavy atom. The van der Waals surface area contributed by atoms with Crippen molar-refractivity contribution < 1.29 is 9.90 Å². The largest absolute Gasteiger partial charge is 0.504 e. The molecular weight excluding hydrogens is 256 g/mol. The molecule has 3 heterocycles. The third-order valence-electron chi connectivity index (χ3n) is 2.87. The Balaban J connectivity index is 1.74. The average Bonchev–Trinajstić information content (AvgIpc) is 2.90. The monoisotopic (exact) mass is 268 g/mol. The van der Waals surface area contributed by atoms with Crippen LogP contribution in [0.2, 0.25) is 0 Å². The van der Waals surface area contributed by atoms with Crippen molar-refractivity contribution in [2.45, 2.75) is 6.54 Å². The highest BCUT2D eigenvalue weighted by Gasteiger charge is 2.08. The highest BCUT2D eigenvalue weighted by atomic mass is 16.3. The van der Waals surface area contributed by atoms with Gasteiger partial charge in [-0.1, -0.05) is 0 Å². The van der Waals surface area contributed by atoms with E-state index in [1.54, 1.807) is 47.3 Å². The molecule has 20 heavy (non-hydrogen) atoms. The van der Waals surface area contributed by atoms with Gasteiger partial charge in [0.2, 0.25) is 0 Å². The maximum Gasteiger partial charge on any atom is 0.253 e. The maximum atomic E-state index is 11.9. The van der Waals surface area contributed by atoms with Crippen LogP contribution in [0.1, 0.15) is 16.1 Å². The number of aromatic hydroxyl groups is 1. The van der Waals surface area contributed by atoms with E-state index in [2.05, 4.69) is 15.3 Å². The second kappa shape index (κ2) is 5.00. The lowest BCUT2D eigenvalue weighted by Gasteiger charge is -2.01. The van der Waals surface area contributed by atoms with Crippen molar-refractivity contribution in [2.75, 3.05) is 0 Å². The number of hydrogen-bond donors (Lipinski definition) is 2. The van der Waals surface area contributed by atoms with E-state index in [4.69, 9.17) is 0 Å². The average molecular weight is 268 g/mol. The van der Waals surface area contributed by atoms with Crippen LogP contribution in [0.4, 0.5) is 0 Å². The topological polar surface area (TPSA) is 79.5 Å². The number of aromatic nitrogens is 3. The fourth-order valence-corrected chi connectivity index (χ4v) is 1.90. The molecule has 0 aromatic carbocycles. The summed E-state index contributed by atoms with van der Waals surface area (Å²) in [6.45, 7) is 0.287. The first-order valence-electron chi connectivity index (χ1n) is 6.08. The zero-order valence-corrected chi connectivity index (χ0v) is 10.5. The lowest BCUT2D eigenvalue weighted by molar-refractivity contribution is 0.0950. The molecule has 0 bridgehead atoms. The van der Waals surface area contributed by atoms with E-state index in [1.807, 2.05) is 0 Å². The Morgan fingerprint density at radius 1 is 1.35 bits per heavy atom. The molecule has 3 rings (SSSR count). The number of hydrogen-bond acceptors (Lipinski definition) is 4. The van der Waals surface area contributed by atoms with Crippen molar-refractivity contribution in [3.05, 3.63) is 60.3 Å². The van der Waals surface area contributed by atoms with Crippen LogP contribution in [-0.2, 0) is 6.54 Å². The molecule has 0 unspecified atom stereocenters. The Hall–Kier alpha value is -2.89. The van der Waals surface area contributed by atoms with Gasteiger partial charge in [-0.15, -0.1) is 0 Å². The first-order valence-corrected chi connectivity index (χ1v) is 6.08. The van der Waals surface area contributed by atoms with E-state index in [1.165, 1.54) is 6.20 Å². The lowest BCUT2D eigenvalue weighted by atomic mass is 10.2. The first-order chi connectivity index (χ1) is 9.74. The van der Waals surface area contributed by atoms with Gasteiger partial charge >= 0.3 is 0 Å². The predicted molar refractivity (Wildman–Crippen MR) is 72.3 cm³/mol. The fourth-order valence-electron chi connectivity index (χ4n) is 1.90.